The zero-order valence-corrected chi connectivity index (χ0v) is 14.2. The van der Waals surface area contributed by atoms with Crippen LogP contribution in [-0.4, -0.2) is 23.0 Å². The summed E-state index contributed by atoms with van der Waals surface area (Å²) in [6.07, 6.45) is 1.81. The van der Waals surface area contributed by atoms with Gasteiger partial charge in [0, 0.05) is 28.4 Å². The summed E-state index contributed by atoms with van der Waals surface area (Å²) in [4.78, 5) is 24.5. The van der Waals surface area contributed by atoms with E-state index in [2.05, 4.69) is 39.7 Å². The Morgan fingerprint density at radius 3 is 2.58 bits per heavy atom. The monoisotopic (exact) mass is 343 g/mol. The van der Waals surface area contributed by atoms with E-state index in [0.29, 0.717) is 5.56 Å². The fourth-order valence-electron chi connectivity index (χ4n) is 2.94. The van der Waals surface area contributed by atoms with E-state index < -0.39 is 0 Å². The molecule has 5 nitrogen and oxygen atoms in total. The summed E-state index contributed by atoms with van der Waals surface area (Å²) in [6, 6.07) is 21.7. The predicted octanol–water partition coefficient (Wildman–Crippen LogP) is 4.19. The van der Waals surface area contributed by atoms with E-state index >= 15 is 0 Å². The molecule has 0 radical (unpaired) electrons. The van der Waals surface area contributed by atoms with Crippen LogP contribution >= 0.6 is 0 Å². The number of nitrogens with one attached hydrogen (secondary N) is 2. The molecule has 26 heavy (non-hydrogen) atoms. The Balaban J connectivity index is 1.72. The Bertz CT molecular complexity index is 1070. The lowest BCUT2D eigenvalue weighted by Gasteiger charge is -2.05. The lowest BCUT2D eigenvalue weighted by molar-refractivity contribution is 0.0537. The first-order chi connectivity index (χ1) is 12.7. The SMILES string of the molecule is CONC(=O)c1cccc(-c2cnc3[nH]c(-c4ccccc4)cc3c2)c1. The molecule has 0 unspecified atom stereocenters. The van der Waals surface area contributed by atoms with Crippen LogP contribution in [0.3, 0.4) is 0 Å². The van der Waals surface area contributed by atoms with Gasteiger partial charge in [0.05, 0.1) is 7.11 Å². The molecule has 0 saturated carbocycles. The first-order valence-corrected chi connectivity index (χ1v) is 8.22. The maximum Gasteiger partial charge on any atom is 0.274 e. The van der Waals surface area contributed by atoms with E-state index in [4.69, 9.17) is 4.84 Å². The lowest BCUT2D eigenvalue weighted by Crippen LogP contribution is -2.21. The van der Waals surface area contributed by atoms with Gasteiger partial charge in [-0.05, 0) is 35.4 Å². The van der Waals surface area contributed by atoms with Crippen LogP contribution < -0.4 is 5.48 Å². The molecule has 5 heteroatoms. The van der Waals surface area contributed by atoms with Crippen LogP contribution in [0.15, 0.2) is 72.9 Å². The summed E-state index contributed by atoms with van der Waals surface area (Å²) in [5.41, 5.74) is 7.71. The van der Waals surface area contributed by atoms with Crippen molar-refractivity contribution in [3.63, 3.8) is 0 Å². The van der Waals surface area contributed by atoms with Crippen LogP contribution in [0.25, 0.3) is 33.4 Å². The standard InChI is InChI=1S/C21H17N3O2/c1-26-24-21(25)16-9-5-8-15(10-16)18-11-17-12-19(23-20(17)22-13-18)14-6-3-2-4-7-14/h2-13H,1H3,(H,22,23)(H,24,25). The normalized spacial score (nSPS) is 10.8. The predicted molar refractivity (Wildman–Crippen MR) is 101 cm³/mol. The van der Waals surface area contributed by atoms with Crippen LogP contribution in [0, 0.1) is 0 Å². The van der Waals surface area contributed by atoms with Crippen molar-refractivity contribution in [2.45, 2.75) is 0 Å². The van der Waals surface area contributed by atoms with Crippen LogP contribution in [0.1, 0.15) is 10.4 Å². The Morgan fingerprint density at radius 1 is 0.962 bits per heavy atom. The van der Waals surface area contributed by atoms with Gasteiger partial charge in [-0.2, -0.15) is 0 Å². The number of hydrogen-bond donors (Lipinski definition) is 2. The van der Waals surface area contributed by atoms with Crippen LogP contribution in [0.5, 0.6) is 0 Å². The number of hydrogen-bond acceptors (Lipinski definition) is 3. The number of fused-ring (bicyclic) bond motifs is 1. The van der Waals surface area contributed by atoms with E-state index in [9.17, 15) is 4.79 Å². The van der Waals surface area contributed by atoms with Crippen molar-refractivity contribution in [1.82, 2.24) is 15.4 Å². The maximum atomic E-state index is 11.9. The van der Waals surface area contributed by atoms with E-state index in [0.717, 1.165) is 33.4 Å². The second kappa shape index (κ2) is 6.82. The van der Waals surface area contributed by atoms with Gasteiger partial charge in [-0.15, -0.1) is 0 Å². The molecule has 0 fully saturated rings. The number of aromatic amines is 1. The first kappa shape index (κ1) is 16.1. The van der Waals surface area contributed by atoms with Crippen LogP contribution in [0.2, 0.25) is 0 Å². The van der Waals surface area contributed by atoms with Crippen LogP contribution in [-0.2, 0) is 4.84 Å². The lowest BCUT2D eigenvalue weighted by atomic mass is 10.0. The number of amides is 1. The van der Waals surface area contributed by atoms with Crippen molar-refractivity contribution in [1.29, 1.82) is 0 Å². The topological polar surface area (TPSA) is 67.0 Å². The minimum absolute atomic E-state index is 0.281. The third-order valence-electron chi connectivity index (χ3n) is 4.21. The van der Waals surface area contributed by atoms with Crippen molar-refractivity contribution in [3.8, 4) is 22.4 Å². The summed E-state index contributed by atoms with van der Waals surface area (Å²) in [6.45, 7) is 0. The second-order valence-electron chi connectivity index (χ2n) is 5.93. The molecule has 4 aromatic rings. The third kappa shape index (κ3) is 3.08. The van der Waals surface area contributed by atoms with E-state index in [1.54, 1.807) is 12.3 Å². The number of hydroxylamine groups is 1. The maximum absolute atomic E-state index is 11.9. The molecule has 2 N–H and O–H groups in total. The average Bonchev–Trinajstić information content (AvgIpc) is 3.12. The molecule has 0 aliphatic heterocycles. The zero-order valence-electron chi connectivity index (χ0n) is 14.2. The molecule has 128 valence electrons. The van der Waals surface area contributed by atoms with Gasteiger partial charge in [0.25, 0.3) is 5.91 Å². The van der Waals surface area contributed by atoms with Crippen molar-refractivity contribution in [2.75, 3.05) is 7.11 Å². The summed E-state index contributed by atoms with van der Waals surface area (Å²) >= 11 is 0. The summed E-state index contributed by atoms with van der Waals surface area (Å²) in [5.74, 6) is -0.281. The quantitative estimate of drug-likeness (QED) is 0.546. The molecular weight excluding hydrogens is 326 g/mol. The highest BCUT2D eigenvalue weighted by atomic mass is 16.6. The Kier molecular flexibility index (Phi) is 4.21. The Morgan fingerprint density at radius 2 is 1.77 bits per heavy atom. The van der Waals surface area contributed by atoms with Gasteiger partial charge in [0.15, 0.2) is 0 Å². The molecule has 0 saturated heterocycles. The molecule has 0 atom stereocenters. The van der Waals surface area contributed by atoms with E-state index in [1.165, 1.54) is 7.11 Å². The zero-order chi connectivity index (χ0) is 17.9. The molecule has 0 aliphatic rings. The number of carbonyl (C=O) groups is 1. The van der Waals surface area contributed by atoms with Crippen LogP contribution in [0.4, 0.5) is 0 Å². The van der Waals surface area contributed by atoms with Gasteiger partial charge in [0.1, 0.15) is 5.65 Å². The van der Waals surface area contributed by atoms with Crippen molar-refractivity contribution in [2.24, 2.45) is 0 Å². The molecule has 0 spiro atoms. The highest BCUT2D eigenvalue weighted by Gasteiger charge is 2.09. The number of aromatic nitrogens is 2. The number of benzene rings is 2. The number of nitrogens with zero attached hydrogens (tertiary/aromatic N) is 1. The van der Waals surface area contributed by atoms with Gasteiger partial charge >= 0.3 is 0 Å². The number of carbonyl (C=O) groups excluding carboxylic acids is 1. The molecule has 2 aromatic carbocycles. The van der Waals surface area contributed by atoms with Crippen molar-refractivity contribution >= 4 is 16.9 Å². The largest absolute Gasteiger partial charge is 0.339 e. The van der Waals surface area contributed by atoms with Gasteiger partial charge in [-0.1, -0.05) is 42.5 Å². The number of H-pyrrole nitrogens is 1. The Hall–Kier alpha value is -3.44. The fourth-order valence-corrected chi connectivity index (χ4v) is 2.94. The Labute approximate surface area is 150 Å². The molecule has 1 amide bonds. The molecule has 0 aliphatic carbocycles. The van der Waals surface area contributed by atoms with Crippen molar-refractivity contribution < 1.29 is 9.63 Å². The summed E-state index contributed by atoms with van der Waals surface area (Å²) < 4.78 is 0. The first-order valence-electron chi connectivity index (χ1n) is 8.22. The summed E-state index contributed by atoms with van der Waals surface area (Å²) in [5, 5.41) is 1.02. The fraction of sp³-hybridized carbons (Fsp3) is 0.0476. The van der Waals surface area contributed by atoms with Gasteiger partial charge in [0.2, 0.25) is 0 Å². The minimum atomic E-state index is -0.281. The van der Waals surface area contributed by atoms with E-state index in [1.807, 2.05) is 36.4 Å². The molecule has 0 bridgehead atoms. The molecule has 2 heterocycles. The molecule has 4 rings (SSSR count). The highest BCUT2D eigenvalue weighted by Crippen LogP contribution is 2.27. The second-order valence-corrected chi connectivity index (χ2v) is 5.93. The molecule has 2 aromatic heterocycles. The van der Waals surface area contributed by atoms with Gasteiger partial charge in [-0.3, -0.25) is 9.63 Å². The smallest absolute Gasteiger partial charge is 0.274 e. The van der Waals surface area contributed by atoms with E-state index in [-0.39, 0.29) is 5.91 Å². The van der Waals surface area contributed by atoms with Gasteiger partial charge in [-0.25, -0.2) is 10.5 Å². The summed E-state index contributed by atoms with van der Waals surface area (Å²) in [7, 11) is 1.41. The van der Waals surface area contributed by atoms with Gasteiger partial charge < -0.3 is 4.98 Å². The highest BCUT2D eigenvalue weighted by molar-refractivity contribution is 5.95. The van der Waals surface area contributed by atoms with Crippen molar-refractivity contribution in [3.05, 3.63) is 78.5 Å². The number of pyridine rings is 1. The molecular formula is C21H17N3O2. The number of rotatable bonds is 4. The third-order valence-corrected chi connectivity index (χ3v) is 4.21. The minimum Gasteiger partial charge on any atom is -0.339 e. The average molecular weight is 343 g/mol.